The first-order chi connectivity index (χ1) is 35.6. The normalized spacial score (nSPS) is 17.1. The molecular weight excluding hydrogens is 992 g/mol. The molecule has 2 aliphatic heterocycles. The number of aryl methyl sites for hydroxylation is 1. The SMILES string of the molecule is Cc1ncsc1-c1ccc(CNC(=O)[C@@H]2C[C@@H](O)CN2C(=O)C(NC(=O)CCCCCOCCCCOCCCCOc2ccc(N3C(=O)N(c4ccc(C#N)c(C(F)(F)F)c4)C(=O)C3(C)C)cc2)C(C)(C)C)cc1. The molecule has 0 aliphatic carbocycles. The first kappa shape index (κ1) is 57.9. The number of alkyl halides is 3. The summed E-state index contributed by atoms with van der Waals surface area (Å²) in [5, 5.41) is 25.6. The lowest BCUT2D eigenvalue weighted by Gasteiger charge is -2.35. The molecule has 3 aromatic carbocycles. The summed E-state index contributed by atoms with van der Waals surface area (Å²) in [6.45, 7) is 13.6. The van der Waals surface area contributed by atoms with Gasteiger partial charge >= 0.3 is 12.2 Å². The number of anilines is 2. The maximum atomic E-state index is 14.0. The molecule has 0 bridgehead atoms. The summed E-state index contributed by atoms with van der Waals surface area (Å²) in [5.74, 6) is -1.18. The number of ether oxygens (including phenoxy) is 3. The number of imide groups is 1. The van der Waals surface area contributed by atoms with Gasteiger partial charge in [0.15, 0.2) is 0 Å². The van der Waals surface area contributed by atoms with E-state index >= 15 is 0 Å². The van der Waals surface area contributed by atoms with Crippen molar-refractivity contribution in [2.24, 2.45) is 5.41 Å². The number of rotatable bonds is 25. The van der Waals surface area contributed by atoms with Crippen LogP contribution >= 0.6 is 11.3 Å². The van der Waals surface area contributed by atoms with Crippen LogP contribution in [0.4, 0.5) is 29.3 Å². The van der Waals surface area contributed by atoms with E-state index in [1.165, 1.54) is 29.7 Å². The number of amides is 6. The van der Waals surface area contributed by atoms with Gasteiger partial charge < -0.3 is 34.9 Å². The topological polar surface area (TPSA) is 204 Å². The minimum Gasteiger partial charge on any atom is -0.494 e. The summed E-state index contributed by atoms with van der Waals surface area (Å²) in [5.41, 5.74) is 0.868. The Labute approximate surface area is 440 Å². The summed E-state index contributed by atoms with van der Waals surface area (Å²) in [6.07, 6.45) is -0.0215. The van der Waals surface area contributed by atoms with Crippen molar-refractivity contribution in [2.45, 2.75) is 136 Å². The summed E-state index contributed by atoms with van der Waals surface area (Å²) in [4.78, 5) is 76.2. The van der Waals surface area contributed by atoms with E-state index in [2.05, 4.69) is 15.6 Å². The van der Waals surface area contributed by atoms with Crippen LogP contribution in [0.25, 0.3) is 10.4 Å². The lowest BCUT2D eigenvalue weighted by atomic mass is 9.85. The molecule has 1 unspecified atom stereocenters. The van der Waals surface area contributed by atoms with Crippen molar-refractivity contribution in [3.05, 3.63) is 94.6 Å². The quantitative estimate of drug-likeness (QED) is 0.0422. The lowest BCUT2D eigenvalue weighted by Crippen LogP contribution is -2.57. The smallest absolute Gasteiger partial charge is 0.417 e. The van der Waals surface area contributed by atoms with E-state index in [0.717, 1.165) is 72.4 Å². The zero-order chi connectivity index (χ0) is 54.5. The number of likely N-dealkylation sites (tertiary alicyclic amines) is 1. The standard InChI is InChI=1S/C55H68F3N7O9S/c1-36-47(75-35-61-36)38-17-15-37(16-18-38)33-60-49(68)45-31-42(66)34-63(45)50(69)48(53(2,3)4)62-46(67)14-8-7-9-25-72-26-10-11-27-73-28-12-13-29-74-43-23-21-40(22-24-43)65-52(71)64(51(70)54(65,5)6)41-20-19-39(32-59)44(30-41)55(56,57)58/h15-24,30,35,42,45,48,66H,7-14,25-29,31,33-34H2,1-6H3,(H,60,68)(H,62,67)/t42-,45+,48?/m1/s1. The van der Waals surface area contributed by atoms with E-state index in [1.54, 1.807) is 35.6 Å². The number of hydrogen-bond donors (Lipinski definition) is 3. The number of aliphatic hydroxyl groups excluding tert-OH is 1. The van der Waals surface area contributed by atoms with E-state index in [9.17, 15) is 42.3 Å². The van der Waals surface area contributed by atoms with Gasteiger partial charge in [-0.1, -0.05) is 51.5 Å². The second-order valence-electron chi connectivity index (χ2n) is 20.4. The number of urea groups is 1. The summed E-state index contributed by atoms with van der Waals surface area (Å²) < 4.78 is 58.4. The molecule has 16 nitrogen and oxygen atoms in total. The number of hydrogen-bond acceptors (Lipinski definition) is 12. The first-order valence-corrected chi connectivity index (χ1v) is 26.2. The number of nitrogens with zero attached hydrogens (tertiary/aromatic N) is 5. The number of aliphatic hydroxyl groups is 1. The fourth-order valence-corrected chi connectivity index (χ4v) is 9.75. The van der Waals surface area contributed by atoms with E-state index in [4.69, 9.17) is 19.5 Å². The highest BCUT2D eigenvalue weighted by Crippen LogP contribution is 2.40. The van der Waals surface area contributed by atoms with E-state index in [0.29, 0.717) is 61.9 Å². The van der Waals surface area contributed by atoms with Crippen LogP contribution in [0.5, 0.6) is 5.75 Å². The lowest BCUT2D eigenvalue weighted by molar-refractivity contribution is -0.144. The average Bonchev–Trinajstić information content (AvgIpc) is 4.03. The number of unbranched alkanes of at least 4 members (excludes halogenated alkanes) is 4. The summed E-state index contributed by atoms with van der Waals surface area (Å²) in [7, 11) is 0. The first-order valence-electron chi connectivity index (χ1n) is 25.3. The molecule has 2 aliphatic rings. The Bertz CT molecular complexity index is 2650. The van der Waals surface area contributed by atoms with Crippen LogP contribution < -0.4 is 25.2 Å². The Kier molecular flexibility index (Phi) is 20.0. The summed E-state index contributed by atoms with van der Waals surface area (Å²) in [6, 6.07) is 16.0. The highest BCUT2D eigenvalue weighted by Gasteiger charge is 2.53. The van der Waals surface area contributed by atoms with Crippen LogP contribution in [0.15, 0.2) is 72.2 Å². The van der Waals surface area contributed by atoms with Crippen LogP contribution in [0.3, 0.4) is 0 Å². The van der Waals surface area contributed by atoms with Crippen LogP contribution in [0.1, 0.15) is 115 Å². The van der Waals surface area contributed by atoms with Gasteiger partial charge in [0.05, 0.1) is 51.7 Å². The Hall–Kier alpha value is -6.40. The van der Waals surface area contributed by atoms with Gasteiger partial charge in [-0.05, 0) is 118 Å². The monoisotopic (exact) mass is 1060 g/mol. The molecule has 6 rings (SSSR count). The largest absolute Gasteiger partial charge is 0.494 e. The van der Waals surface area contributed by atoms with Crippen molar-refractivity contribution in [2.75, 3.05) is 49.4 Å². The van der Waals surface area contributed by atoms with Crippen LogP contribution in [-0.4, -0.2) is 108 Å². The van der Waals surface area contributed by atoms with Crippen LogP contribution in [0.2, 0.25) is 0 Å². The fourth-order valence-electron chi connectivity index (χ4n) is 8.94. The Morgan fingerprint density at radius 2 is 1.49 bits per heavy atom. The number of thiazole rings is 1. The molecular formula is C55H68F3N7O9S. The number of carbonyl (C=O) groups excluding carboxylic acids is 5. The second-order valence-corrected chi connectivity index (χ2v) is 21.2. The van der Waals surface area contributed by atoms with Crippen LogP contribution in [0, 0.1) is 23.7 Å². The fraction of sp³-hybridized carbons (Fsp3) is 0.509. The van der Waals surface area contributed by atoms with Gasteiger partial charge in [0, 0.05) is 58.0 Å². The molecule has 3 heterocycles. The summed E-state index contributed by atoms with van der Waals surface area (Å²) >= 11 is 1.57. The number of nitriles is 1. The average molecular weight is 1060 g/mol. The zero-order valence-electron chi connectivity index (χ0n) is 43.5. The van der Waals surface area contributed by atoms with Crippen molar-refractivity contribution in [1.82, 2.24) is 20.5 Å². The molecule has 0 spiro atoms. The van der Waals surface area contributed by atoms with E-state index in [1.807, 2.05) is 57.5 Å². The Morgan fingerprint density at radius 1 is 0.880 bits per heavy atom. The molecule has 2 saturated heterocycles. The number of aromatic nitrogens is 1. The molecule has 6 amide bonds. The van der Waals surface area contributed by atoms with Gasteiger partial charge in [0.25, 0.3) is 5.91 Å². The third-order valence-corrected chi connectivity index (χ3v) is 14.1. The molecule has 1 aromatic heterocycles. The predicted octanol–water partition coefficient (Wildman–Crippen LogP) is 9.10. The minimum absolute atomic E-state index is 0.00444. The van der Waals surface area contributed by atoms with Gasteiger partial charge in [-0.25, -0.2) is 14.7 Å². The molecule has 4 aromatic rings. The molecule has 404 valence electrons. The maximum absolute atomic E-state index is 14.0. The molecule has 2 fully saturated rings. The van der Waals surface area contributed by atoms with E-state index < -0.39 is 64.3 Å². The number of halogens is 3. The zero-order valence-corrected chi connectivity index (χ0v) is 44.3. The third kappa shape index (κ3) is 15.1. The van der Waals surface area contributed by atoms with Crippen molar-refractivity contribution in [3.8, 4) is 22.3 Å². The molecule has 20 heteroatoms. The highest BCUT2D eigenvalue weighted by molar-refractivity contribution is 7.13. The molecule has 0 radical (unpaired) electrons. The van der Waals surface area contributed by atoms with Crippen molar-refractivity contribution < 1.29 is 56.5 Å². The van der Waals surface area contributed by atoms with Gasteiger partial charge in [-0.15, -0.1) is 11.3 Å². The third-order valence-electron chi connectivity index (χ3n) is 13.1. The van der Waals surface area contributed by atoms with Crippen molar-refractivity contribution in [1.29, 1.82) is 5.26 Å². The second kappa shape index (κ2) is 25.9. The minimum atomic E-state index is -4.86. The van der Waals surface area contributed by atoms with E-state index in [-0.39, 0.29) is 43.4 Å². The number of carbonyl (C=O) groups is 5. The van der Waals surface area contributed by atoms with Gasteiger partial charge in [-0.3, -0.25) is 24.1 Å². The molecule has 0 saturated carbocycles. The molecule has 75 heavy (non-hydrogen) atoms. The van der Waals surface area contributed by atoms with Gasteiger partial charge in [-0.2, -0.15) is 18.4 Å². The predicted molar refractivity (Wildman–Crippen MR) is 278 cm³/mol. The Balaban J connectivity index is 0.796. The maximum Gasteiger partial charge on any atom is 0.417 e. The highest BCUT2D eigenvalue weighted by atomic mass is 32.1. The van der Waals surface area contributed by atoms with Crippen molar-refractivity contribution in [3.63, 3.8) is 0 Å². The molecule has 3 atom stereocenters. The van der Waals surface area contributed by atoms with Gasteiger partial charge in [0.2, 0.25) is 17.7 Å². The van der Waals surface area contributed by atoms with Crippen molar-refractivity contribution >= 4 is 52.4 Å². The Morgan fingerprint density at radius 3 is 2.08 bits per heavy atom. The molecule has 3 N–H and O–H groups in total. The number of β-amino-alcohol motifs (C(OH)–C–C–N with tert-alkyl or cyclic N) is 1. The van der Waals surface area contributed by atoms with Crippen LogP contribution in [-0.2, 0) is 41.4 Å². The van der Waals surface area contributed by atoms with Gasteiger partial charge in [0.1, 0.15) is 23.4 Å². The number of benzene rings is 3. The number of nitrogens with one attached hydrogen (secondary N) is 2.